The Kier molecular flexibility index (Phi) is 5.14. The fraction of sp³-hybridized carbons (Fsp3) is 0. The summed E-state index contributed by atoms with van der Waals surface area (Å²) in [6.45, 7) is 0. The van der Waals surface area contributed by atoms with Gasteiger partial charge < -0.3 is 0 Å². The van der Waals surface area contributed by atoms with Crippen molar-refractivity contribution in [3.05, 3.63) is 140 Å². The van der Waals surface area contributed by atoms with Gasteiger partial charge in [-0.1, -0.05) is 133 Å². The van der Waals surface area contributed by atoms with Crippen LogP contribution in [0.15, 0.2) is 140 Å². The normalized spacial score (nSPS) is 11.5. The van der Waals surface area contributed by atoms with Crippen molar-refractivity contribution in [1.29, 1.82) is 0 Å². The van der Waals surface area contributed by atoms with E-state index in [0.29, 0.717) is 17.5 Å². The van der Waals surface area contributed by atoms with Gasteiger partial charge in [-0.15, -0.1) is 0 Å². The second-order valence-electron chi connectivity index (χ2n) is 10.1. The van der Waals surface area contributed by atoms with Gasteiger partial charge in [0.1, 0.15) is 0 Å². The van der Waals surface area contributed by atoms with Gasteiger partial charge in [-0.25, -0.2) is 15.0 Å². The molecule has 186 valence electrons. The van der Waals surface area contributed by atoms with Gasteiger partial charge in [-0.2, -0.15) is 0 Å². The molecule has 40 heavy (non-hydrogen) atoms. The van der Waals surface area contributed by atoms with Crippen LogP contribution < -0.4 is 0 Å². The molecule has 0 fully saturated rings. The molecule has 1 aromatic heterocycles. The number of nitrogens with zero attached hydrogens (tertiary/aromatic N) is 3. The molecular formula is C37H23N3. The maximum absolute atomic E-state index is 4.94. The number of aromatic nitrogens is 3. The molecule has 0 amide bonds. The minimum absolute atomic E-state index is 0.660. The summed E-state index contributed by atoms with van der Waals surface area (Å²) >= 11 is 0. The minimum Gasteiger partial charge on any atom is -0.208 e. The van der Waals surface area contributed by atoms with Crippen LogP contribution in [0.3, 0.4) is 0 Å². The summed E-state index contributed by atoms with van der Waals surface area (Å²) in [5.41, 5.74) is 5.23. The molecule has 0 saturated carbocycles. The zero-order valence-corrected chi connectivity index (χ0v) is 21.6. The topological polar surface area (TPSA) is 38.7 Å². The Bertz CT molecular complexity index is 2080. The Hall–Kier alpha value is -5.41. The first kappa shape index (κ1) is 22.6. The first-order valence-electron chi connectivity index (χ1n) is 13.5. The lowest BCUT2D eigenvalue weighted by molar-refractivity contribution is 1.07. The van der Waals surface area contributed by atoms with Crippen LogP contribution in [0.25, 0.3) is 77.6 Å². The van der Waals surface area contributed by atoms with Crippen LogP contribution in [0, 0.1) is 0 Å². The van der Waals surface area contributed by atoms with Crippen molar-refractivity contribution >= 4 is 32.3 Å². The average Bonchev–Trinajstić information content (AvgIpc) is 3.04. The zero-order chi connectivity index (χ0) is 26.5. The summed E-state index contributed by atoms with van der Waals surface area (Å²) in [6.07, 6.45) is 0. The third-order valence-corrected chi connectivity index (χ3v) is 7.66. The molecule has 1 heterocycles. The van der Waals surface area contributed by atoms with Gasteiger partial charge in [0.25, 0.3) is 0 Å². The van der Waals surface area contributed by atoms with Crippen LogP contribution >= 0.6 is 0 Å². The van der Waals surface area contributed by atoms with E-state index < -0.39 is 0 Å². The molecule has 0 saturated heterocycles. The van der Waals surface area contributed by atoms with E-state index in [-0.39, 0.29) is 0 Å². The molecule has 8 rings (SSSR count). The first-order valence-corrected chi connectivity index (χ1v) is 13.5. The van der Waals surface area contributed by atoms with Crippen molar-refractivity contribution < 1.29 is 0 Å². The summed E-state index contributed by atoms with van der Waals surface area (Å²) < 4.78 is 0. The maximum Gasteiger partial charge on any atom is 0.164 e. The quantitative estimate of drug-likeness (QED) is 0.222. The largest absolute Gasteiger partial charge is 0.208 e. The standard InChI is InChI=1S/C37H23N3/c1-3-9-27(10-4-1)35-38-36(28-11-5-2-6-12-28)40-37(39-35)30-16-8-15-29(23-30)31-21-19-26-18-17-24-13-7-14-25-20-22-32(31)34(26)33(24)25/h1-23H. The van der Waals surface area contributed by atoms with E-state index in [9.17, 15) is 0 Å². The van der Waals surface area contributed by atoms with Gasteiger partial charge in [-0.05, 0) is 49.5 Å². The summed E-state index contributed by atoms with van der Waals surface area (Å²) in [4.78, 5) is 14.7. The Labute approximate surface area is 231 Å². The lowest BCUT2D eigenvalue weighted by Crippen LogP contribution is -2.00. The summed E-state index contributed by atoms with van der Waals surface area (Å²) in [6, 6.07) is 48.7. The van der Waals surface area contributed by atoms with E-state index in [0.717, 1.165) is 22.3 Å². The van der Waals surface area contributed by atoms with Gasteiger partial charge in [0.2, 0.25) is 0 Å². The second kappa shape index (κ2) is 9.11. The van der Waals surface area contributed by atoms with Gasteiger partial charge >= 0.3 is 0 Å². The third-order valence-electron chi connectivity index (χ3n) is 7.66. The lowest BCUT2D eigenvalue weighted by atomic mass is 9.89. The van der Waals surface area contributed by atoms with Crippen molar-refractivity contribution in [2.24, 2.45) is 0 Å². The third kappa shape index (κ3) is 3.71. The average molecular weight is 510 g/mol. The van der Waals surface area contributed by atoms with Crippen LogP contribution in [0.2, 0.25) is 0 Å². The Morgan fingerprint density at radius 1 is 0.325 bits per heavy atom. The van der Waals surface area contributed by atoms with Crippen molar-refractivity contribution in [2.45, 2.75) is 0 Å². The SMILES string of the molecule is c1ccc(-c2nc(-c3ccccc3)nc(-c3cccc(-c4ccc5ccc6cccc7ccc4c5c67)c3)n2)cc1. The zero-order valence-electron chi connectivity index (χ0n) is 21.6. The first-order chi connectivity index (χ1) is 19.8. The fourth-order valence-electron chi connectivity index (χ4n) is 5.75. The van der Waals surface area contributed by atoms with E-state index >= 15 is 0 Å². The van der Waals surface area contributed by atoms with Crippen LogP contribution in [0.4, 0.5) is 0 Å². The summed E-state index contributed by atoms with van der Waals surface area (Å²) in [7, 11) is 0. The van der Waals surface area contributed by atoms with Gasteiger partial charge in [0, 0.05) is 16.7 Å². The lowest BCUT2D eigenvalue weighted by Gasteiger charge is -2.15. The monoisotopic (exact) mass is 509 g/mol. The van der Waals surface area contributed by atoms with Crippen LogP contribution in [0.5, 0.6) is 0 Å². The molecule has 8 aromatic rings. The maximum atomic E-state index is 4.94. The number of benzene rings is 7. The Morgan fingerprint density at radius 3 is 1.45 bits per heavy atom. The van der Waals surface area contributed by atoms with Crippen LogP contribution in [0.1, 0.15) is 0 Å². The van der Waals surface area contributed by atoms with E-state index in [1.165, 1.54) is 37.9 Å². The molecular weight excluding hydrogens is 486 g/mol. The van der Waals surface area contributed by atoms with E-state index in [4.69, 9.17) is 15.0 Å². The molecule has 0 aliphatic heterocycles. The van der Waals surface area contributed by atoms with E-state index in [2.05, 4.69) is 78.9 Å². The predicted molar refractivity (Wildman–Crippen MR) is 165 cm³/mol. The van der Waals surface area contributed by atoms with Gasteiger partial charge in [-0.3, -0.25) is 0 Å². The molecule has 0 atom stereocenters. The second-order valence-corrected chi connectivity index (χ2v) is 10.1. The minimum atomic E-state index is 0.660. The van der Waals surface area contributed by atoms with Crippen molar-refractivity contribution in [3.63, 3.8) is 0 Å². The Morgan fingerprint density at radius 2 is 0.800 bits per heavy atom. The van der Waals surface area contributed by atoms with Crippen molar-refractivity contribution in [3.8, 4) is 45.3 Å². The van der Waals surface area contributed by atoms with Crippen molar-refractivity contribution in [1.82, 2.24) is 15.0 Å². The molecule has 0 unspecified atom stereocenters. The molecule has 0 radical (unpaired) electrons. The van der Waals surface area contributed by atoms with Gasteiger partial charge in [0.05, 0.1) is 0 Å². The van der Waals surface area contributed by atoms with Crippen molar-refractivity contribution in [2.75, 3.05) is 0 Å². The smallest absolute Gasteiger partial charge is 0.164 e. The summed E-state index contributed by atoms with van der Waals surface area (Å²) in [5, 5.41) is 7.70. The number of hydrogen-bond donors (Lipinski definition) is 0. The van der Waals surface area contributed by atoms with Crippen LogP contribution in [-0.4, -0.2) is 15.0 Å². The molecule has 7 aromatic carbocycles. The number of rotatable bonds is 4. The Balaban J connectivity index is 1.32. The highest BCUT2D eigenvalue weighted by atomic mass is 15.0. The highest BCUT2D eigenvalue weighted by molar-refractivity contribution is 6.25. The molecule has 3 heteroatoms. The molecule has 0 bridgehead atoms. The highest BCUT2D eigenvalue weighted by Gasteiger charge is 2.15. The molecule has 0 aliphatic rings. The van der Waals surface area contributed by atoms with E-state index in [1.54, 1.807) is 0 Å². The molecule has 0 N–H and O–H groups in total. The fourth-order valence-corrected chi connectivity index (χ4v) is 5.75. The predicted octanol–water partition coefficient (Wildman–Crippen LogP) is 9.44. The molecule has 3 nitrogen and oxygen atoms in total. The highest BCUT2D eigenvalue weighted by Crippen LogP contribution is 2.39. The molecule has 0 spiro atoms. The number of hydrogen-bond acceptors (Lipinski definition) is 3. The van der Waals surface area contributed by atoms with Gasteiger partial charge in [0.15, 0.2) is 17.5 Å². The summed E-state index contributed by atoms with van der Waals surface area (Å²) in [5.74, 6) is 1.99. The van der Waals surface area contributed by atoms with Crippen LogP contribution in [-0.2, 0) is 0 Å². The molecule has 0 aliphatic carbocycles. The van der Waals surface area contributed by atoms with E-state index in [1.807, 2.05) is 60.7 Å².